The Kier molecular flexibility index (Phi) is 6.95. The number of aliphatic imine (C=N–C) groups is 1. The molecule has 0 fully saturated rings. The molecule has 2 N–H and O–H groups in total. The fraction of sp³-hybridized carbons (Fsp3) is 0.412. The number of guanidine groups is 1. The van der Waals surface area contributed by atoms with Gasteiger partial charge < -0.3 is 10.6 Å². The van der Waals surface area contributed by atoms with Crippen LogP contribution < -0.4 is 10.6 Å². The average molecular weight is 381 g/mol. The van der Waals surface area contributed by atoms with Gasteiger partial charge in [0, 0.05) is 38.2 Å². The largest absolute Gasteiger partial charge is 0.356 e. The first-order valence-corrected chi connectivity index (χ1v) is 10.9. The molecule has 0 radical (unpaired) electrons. The monoisotopic (exact) mass is 380 g/mol. The van der Waals surface area contributed by atoms with Gasteiger partial charge in [-0.05, 0) is 18.1 Å². The average Bonchev–Trinajstić information content (AvgIpc) is 2.96. The maximum Gasteiger partial charge on any atom is 0.191 e. The number of nitrogens with one attached hydrogen (secondary N) is 2. The van der Waals surface area contributed by atoms with E-state index in [0.29, 0.717) is 6.54 Å². The van der Waals surface area contributed by atoms with Crippen molar-refractivity contribution in [2.75, 3.05) is 19.8 Å². The molecule has 0 unspecified atom stereocenters. The Balaban J connectivity index is 1.78. The predicted octanol–water partition coefficient (Wildman–Crippen LogP) is 1.90. The van der Waals surface area contributed by atoms with E-state index in [4.69, 9.17) is 0 Å². The van der Waals surface area contributed by atoms with Crippen molar-refractivity contribution in [1.29, 1.82) is 0 Å². The van der Waals surface area contributed by atoms with Crippen LogP contribution in [0.15, 0.2) is 34.6 Å². The van der Waals surface area contributed by atoms with Gasteiger partial charge in [0.05, 0.1) is 16.5 Å². The van der Waals surface area contributed by atoms with E-state index in [1.54, 1.807) is 18.4 Å². The van der Waals surface area contributed by atoms with Gasteiger partial charge >= 0.3 is 0 Å². The number of aromatic nitrogens is 1. The van der Waals surface area contributed by atoms with Crippen molar-refractivity contribution >= 4 is 27.1 Å². The van der Waals surface area contributed by atoms with E-state index in [9.17, 15) is 8.42 Å². The van der Waals surface area contributed by atoms with Gasteiger partial charge in [0.2, 0.25) is 0 Å². The van der Waals surface area contributed by atoms with Crippen molar-refractivity contribution in [3.05, 3.63) is 51.5 Å². The van der Waals surface area contributed by atoms with Crippen molar-refractivity contribution in [3.8, 4) is 0 Å². The molecule has 8 heteroatoms. The number of aryl methyl sites for hydroxylation is 1. The predicted molar refractivity (Wildman–Crippen MR) is 104 cm³/mol. The minimum Gasteiger partial charge on any atom is -0.356 e. The van der Waals surface area contributed by atoms with Gasteiger partial charge in [-0.1, -0.05) is 24.3 Å². The second-order valence-electron chi connectivity index (χ2n) is 5.85. The zero-order valence-corrected chi connectivity index (χ0v) is 16.4. The van der Waals surface area contributed by atoms with E-state index in [1.165, 1.54) is 6.26 Å². The van der Waals surface area contributed by atoms with Gasteiger partial charge in [0.25, 0.3) is 0 Å². The standard InChI is InChI=1S/C17H24N4O2S2/c1-13-21-16(11-24-13)8-9-19-17(18-2)20-10-14-4-6-15(7-5-14)12-25(3,22)23/h4-7,11H,8-10,12H2,1-3H3,(H2,18,19,20). The Labute approximate surface area is 153 Å². The van der Waals surface area contributed by atoms with Crippen LogP contribution in [-0.4, -0.2) is 39.2 Å². The highest BCUT2D eigenvalue weighted by Crippen LogP contribution is 2.08. The molecule has 0 aliphatic carbocycles. The van der Waals surface area contributed by atoms with Crippen LogP contribution in [0.3, 0.4) is 0 Å². The van der Waals surface area contributed by atoms with Crippen LogP contribution in [-0.2, 0) is 28.6 Å². The molecule has 1 aromatic carbocycles. The first kappa shape index (κ1) is 19.4. The van der Waals surface area contributed by atoms with Gasteiger partial charge in [0.15, 0.2) is 15.8 Å². The second-order valence-corrected chi connectivity index (χ2v) is 9.05. The Morgan fingerprint density at radius 2 is 1.88 bits per heavy atom. The zero-order valence-electron chi connectivity index (χ0n) is 14.7. The molecule has 0 amide bonds. The van der Waals surface area contributed by atoms with Crippen LogP contribution >= 0.6 is 11.3 Å². The van der Waals surface area contributed by atoms with Gasteiger partial charge in [-0.3, -0.25) is 4.99 Å². The maximum absolute atomic E-state index is 11.3. The number of sulfone groups is 1. The van der Waals surface area contributed by atoms with Gasteiger partial charge in [-0.2, -0.15) is 0 Å². The van der Waals surface area contributed by atoms with Crippen LogP contribution in [0.2, 0.25) is 0 Å². The van der Waals surface area contributed by atoms with Crippen LogP contribution in [0, 0.1) is 6.92 Å². The molecule has 1 heterocycles. The van der Waals surface area contributed by atoms with E-state index in [-0.39, 0.29) is 5.75 Å². The third kappa shape index (κ3) is 7.23. The highest BCUT2D eigenvalue weighted by molar-refractivity contribution is 7.89. The van der Waals surface area contributed by atoms with Crippen LogP contribution in [0.25, 0.3) is 0 Å². The molecule has 6 nitrogen and oxygen atoms in total. The first-order valence-electron chi connectivity index (χ1n) is 7.97. The lowest BCUT2D eigenvalue weighted by molar-refractivity contribution is 0.601. The summed E-state index contributed by atoms with van der Waals surface area (Å²) in [6.07, 6.45) is 2.09. The van der Waals surface area contributed by atoms with Crippen molar-refractivity contribution < 1.29 is 8.42 Å². The number of benzene rings is 1. The van der Waals surface area contributed by atoms with Gasteiger partial charge in [-0.25, -0.2) is 13.4 Å². The quantitative estimate of drug-likeness (QED) is 0.566. The van der Waals surface area contributed by atoms with Crippen LogP contribution in [0.1, 0.15) is 21.8 Å². The summed E-state index contributed by atoms with van der Waals surface area (Å²) in [7, 11) is -1.27. The lowest BCUT2D eigenvalue weighted by atomic mass is 10.1. The van der Waals surface area contributed by atoms with Crippen LogP contribution in [0.4, 0.5) is 0 Å². The molecular formula is C17H24N4O2S2. The number of hydrogen-bond acceptors (Lipinski definition) is 5. The van der Waals surface area contributed by atoms with Crippen LogP contribution in [0.5, 0.6) is 0 Å². The van der Waals surface area contributed by atoms with E-state index >= 15 is 0 Å². The van der Waals surface area contributed by atoms with Crippen molar-refractivity contribution in [2.24, 2.45) is 4.99 Å². The summed E-state index contributed by atoms with van der Waals surface area (Å²) in [4.78, 5) is 8.64. The molecular weight excluding hydrogens is 356 g/mol. The second kappa shape index (κ2) is 8.96. The third-order valence-electron chi connectivity index (χ3n) is 3.48. The lowest BCUT2D eigenvalue weighted by Gasteiger charge is -2.11. The molecule has 0 atom stereocenters. The fourth-order valence-corrected chi connectivity index (χ4v) is 3.74. The molecule has 0 aliphatic rings. The smallest absolute Gasteiger partial charge is 0.191 e. The molecule has 2 aromatic rings. The summed E-state index contributed by atoms with van der Waals surface area (Å²) < 4.78 is 22.6. The molecule has 1 aromatic heterocycles. The van der Waals surface area contributed by atoms with E-state index < -0.39 is 9.84 Å². The Bertz CT molecular complexity index is 811. The fourth-order valence-electron chi connectivity index (χ4n) is 2.29. The molecule has 25 heavy (non-hydrogen) atoms. The highest BCUT2D eigenvalue weighted by atomic mass is 32.2. The summed E-state index contributed by atoms with van der Waals surface area (Å²) in [5, 5.41) is 9.67. The molecule has 0 saturated carbocycles. The third-order valence-corrected chi connectivity index (χ3v) is 5.16. The Morgan fingerprint density at radius 3 is 2.44 bits per heavy atom. The SMILES string of the molecule is CN=C(NCCc1csc(C)n1)NCc1ccc(CS(C)(=O)=O)cc1. The topological polar surface area (TPSA) is 83.4 Å². The van der Waals surface area contributed by atoms with Gasteiger partial charge in [-0.15, -0.1) is 11.3 Å². The number of thiazole rings is 1. The Hall–Kier alpha value is -1.93. The number of nitrogens with zero attached hydrogens (tertiary/aromatic N) is 2. The minimum atomic E-state index is -3.00. The summed E-state index contributed by atoms with van der Waals surface area (Å²) in [6, 6.07) is 7.55. The molecule has 0 saturated heterocycles. The summed E-state index contributed by atoms with van der Waals surface area (Å²) in [5.74, 6) is 0.798. The summed E-state index contributed by atoms with van der Waals surface area (Å²) in [6.45, 7) is 3.38. The van der Waals surface area contributed by atoms with Crippen molar-refractivity contribution in [1.82, 2.24) is 15.6 Å². The minimum absolute atomic E-state index is 0.0695. The van der Waals surface area contributed by atoms with Crippen molar-refractivity contribution in [3.63, 3.8) is 0 Å². The summed E-state index contributed by atoms with van der Waals surface area (Å²) in [5.41, 5.74) is 2.95. The number of rotatable bonds is 7. The molecule has 0 bridgehead atoms. The highest BCUT2D eigenvalue weighted by Gasteiger charge is 2.05. The molecule has 0 spiro atoms. The van der Waals surface area contributed by atoms with E-state index in [0.717, 1.165) is 40.8 Å². The normalized spacial score (nSPS) is 12.2. The summed E-state index contributed by atoms with van der Waals surface area (Å²) >= 11 is 1.66. The van der Waals surface area contributed by atoms with Crippen molar-refractivity contribution in [2.45, 2.75) is 25.6 Å². The maximum atomic E-state index is 11.3. The molecule has 2 rings (SSSR count). The lowest BCUT2D eigenvalue weighted by Crippen LogP contribution is -2.37. The first-order chi connectivity index (χ1) is 11.9. The van der Waals surface area contributed by atoms with Gasteiger partial charge in [0.1, 0.15) is 0 Å². The number of hydrogen-bond donors (Lipinski definition) is 2. The van der Waals surface area contributed by atoms with E-state index in [1.807, 2.05) is 31.2 Å². The molecule has 0 aliphatic heterocycles. The van der Waals surface area contributed by atoms with E-state index in [2.05, 4.69) is 26.0 Å². The zero-order chi connectivity index (χ0) is 18.3. The Morgan fingerprint density at radius 1 is 1.20 bits per heavy atom. The molecule has 136 valence electrons.